The third-order valence-electron chi connectivity index (χ3n) is 4.98. The zero-order valence-corrected chi connectivity index (χ0v) is 16.5. The van der Waals surface area contributed by atoms with Gasteiger partial charge in [-0.2, -0.15) is 10.1 Å². The number of nitrogens with one attached hydrogen (secondary N) is 1. The van der Waals surface area contributed by atoms with Crippen LogP contribution >= 0.6 is 0 Å². The molecule has 4 rings (SSSR count). The van der Waals surface area contributed by atoms with Crippen molar-refractivity contribution in [3.8, 4) is 5.75 Å². The minimum Gasteiger partial charge on any atom is -0.497 e. The number of ether oxygens (including phenoxy) is 1. The molecule has 1 N–H and O–H groups in total. The van der Waals surface area contributed by atoms with Crippen LogP contribution in [-0.4, -0.2) is 60.0 Å². The van der Waals surface area contributed by atoms with Gasteiger partial charge in [-0.1, -0.05) is 18.2 Å². The van der Waals surface area contributed by atoms with Gasteiger partial charge in [0.15, 0.2) is 5.82 Å². The first kappa shape index (κ1) is 18.9. The van der Waals surface area contributed by atoms with E-state index in [9.17, 15) is 0 Å². The smallest absolute Gasteiger partial charge is 0.244 e. The van der Waals surface area contributed by atoms with Gasteiger partial charge in [0.05, 0.1) is 13.3 Å². The monoisotopic (exact) mass is 391 g/mol. The summed E-state index contributed by atoms with van der Waals surface area (Å²) in [5.41, 5.74) is 1.23. The molecule has 3 aromatic rings. The van der Waals surface area contributed by atoms with E-state index in [0.717, 1.165) is 56.5 Å². The molecule has 1 aliphatic heterocycles. The highest BCUT2D eigenvalue weighted by Gasteiger charge is 2.19. The van der Waals surface area contributed by atoms with Gasteiger partial charge in [-0.05, 0) is 36.2 Å². The summed E-state index contributed by atoms with van der Waals surface area (Å²) < 4.78 is 5.19. The lowest BCUT2D eigenvalue weighted by atomic mass is 10.1. The molecule has 2 aromatic heterocycles. The second-order valence-corrected chi connectivity index (χ2v) is 6.83. The van der Waals surface area contributed by atoms with Crippen LogP contribution in [0.5, 0.6) is 5.75 Å². The van der Waals surface area contributed by atoms with E-state index >= 15 is 0 Å². The van der Waals surface area contributed by atoms with Gasteiger partial charge >= 0.3 is 0 Å². The van der Waals surface area contributed by atoms with Crippen molar-refractivity contribution in [1.29, 1.82) is 0 Å². The average Bonchev–Trinajstić information content (AvgIpc) is 2.80. The summed E-state index contributed by atoms with van der Waals surface area (Å²) in [5.74, 6) is 3.30. The Morgan fingerprint density at radius 3 is 2.41 bits per heavy atom. The van der Waals surface area contributed by atoms with Crippen LogP contribution in [0.25, 0.3) is 0 Å². The summed E-state index contributed by atoms with van der Waals surface area (Å²) in [7, 11) is 1.67. The van der Waals surface area contributed by atoms with E-state index in [4.69, 9.17) is 4.74 Å². The molecule has 0 unspecified atom stereocenters. The van der Waals surface area contributed by atoms with Gasteiger partial charge in [0.25, 0.3) is 0 Å². The zero-order valence-electron chi connectivity index (χ0n) is 16.5. The highest BCUT2D eigenvalue weighted by atomic mass is 16.5. The van der Waals surface area contributed by atoms with Crippen molar-refractivity contribution in [2.24, 2.45) is 0 Å². The van der Waals surface area contributed by atoms with Gasteiger partial charge < -0.3 is 19.9 Å². The molecule has 0 atom stereocenters. The van der Waals surface area contributed by atoms with Crippen molar-refractivity contribution in [2.45, 2.75) is 6.42 Å². The Bertz CT molecular complexity index is 896. The fourth-order valence-electron chi connectivity index (χ4n) is 3.34. The Hall–Kier alpha value is -3.42. The number of methoxy groups -OCH3 is 1. The van der Waals surface area contributed by atoms with Gasteiger partial charge in [-0.15, -0.1) is 5.10 Å². The molecule has 1 aromatic carbocycles. The lowest BCUT2D eigenvalue weighted by molar-refractivity contribution is 0.414. The molecule has 1 fully saturated rings. The molecular formula is C21H25N7O. The van der Waals surface area contributed by atoms with Crippen LogP contribution < -0.4 is 19.9 Å². The number of benzene rings is 1. The first-order chi connectivity index (χ1) is 14.3. The van der Waals surface area contributed by atoms with Crippen LogP contribution in [-0.2, 0) is 6.42 Å². The molecule has 0 radical (unpaired) electrons. The van der Waals surface area contributed by atoms with Crippen molar-refractivity contribution < 1.29 is 4.74 Å². The molecular weight excluding hydrogens is 366 g/mol. The molecule has 150 valence electrons. The van der Waals surface area contributed by atoms with Gasteiger partial charge in [0.1, 0.15) is 11.6 Å². The maximum atomic E-state index is 5.19. The summed E-state index contributed by atoms with van der Waals surface area (Å²) in [6.07, 6.45) is 4.44. The summed E-state index contributed by atoms with van der Waals surface area (Å²) in [6, 6.07) is 14.1. The average molecular weight is 391 g/mol. The lowest BCUT2D eigenvalue weighted by Crippen LogP contribution is -2.47. The number of nitrogens with zero attached hydrogens (tertiary/aromatic N) is 6. The molecule has 8 heteroatoms. The zero-order chi connectivity index (χ0) is 19.9. The Kier molecular flexibility index (Phi) is 5.99. The van der Waals surface area contributed by atoms with E-state index in [0.29, 0.717) is 5.95 Å². The van der Waals surface area contributed by atoms with Gasteiger partial charge in [0.2, 0.25) is 5.95 Å². The van der Waals surface area contributed by atoms with E-state index in [1.54, 1.807) is 13.3 Å². The highest BCUT2D eigenvalue weighted by molar-refractivity contribution is 5.45. The first-order valence-corrected chi connectivity index (χ1v) is 9.79. The molecule has 3 heterocycles. The van der Waals surface area contributed by atoms with E-state index in [2.05, 4.69) is 47.4 Å². The summed E-state index contributed by atoms with van der Waals surface area (Å²) in [4.78, 5) is 13.6. The number of rotatable bonds is 7. The summed E-state index contributed by atoms with van der Waals surface area (Å²) in [5, 5.41) is 11.5. The van der Waals surface area contributed by atoms with Crippen molar-refractivity contribution in [3.63, 3.8) is 0 Å². The number of aromatic nitrogens is 4. The molecule has 0 saturated carbocycles. The maximum absolute atomic E-state index is 5.19. The van der Waals surface area contributed by atoms with Crippen LogP contribution in [0.3, 0.4) is 0 Å². The number of pyridine rings is 1. The second-order valence-electron chi connectivity index (χ2n) is 6.83. The fourth-order valence-corrected chi connectivity index (χ4v) is 3.34. The van der Waals surface area contributed by atoms with Crippen LogP contribution in [0.1, 0.15) is 5.56 Å². The Labute approximate surface area is 170 Å². The molecule has 0 spiro atoms. The SMILES string of the molecule is COc1ccc(CCNc2nncc(N3CCN(c4ccccn4)CC3)n2)cc1. The Balaban J connectivity index is 1.29. The minimum absolute atomic E-state index is 0.558. The van der Waals surface area contributed by atoms with Crippen LogP contribution in [0, 0.1) is 0 Å². The van der Waals surface area contributed by atoms with Crippen LogP contribution in [0.4, 0.5) is 17.6 Å². The molecule has 0 bridgehead atoms. The van der Waals surface area contributed by atoms with Crippen LogP contribution in [0.2, 0.25) is 0 Å². The van der Waals surface area contributed by atoms with Crippen LogP contribution in [0.15, 0.2) is 54.9 Å². The number of hydrogen-bond donors (Lipinski definition) is 1. The highest BCUT2D eigenvalue weighted by Crippen LogP contribution is 2.17. The van der Waals surface area contributed by atoms with E-state index in [1.165, 1.54) is 5.56 Å². The topological polar surface area (TPSA) is 79.3 Å². The van der Waals surface area contributed by atoms with Crippen molar-refractivity contribution in [3.05, 3.63) is 60.4 Å². The van der Waals surface area contributed by atoms with Crippen molar-refractivity contribution in [1.82, 2.24) is 20.2 Å². The minimum atomic E-state index is 0.558. The molecule has 0 aliphatic carbocycles. The third-order valence-corrected chi connectivity index (χ3v) is 4.98. The molecule has 29 heavy (non-hydrogen) atoms. The number of anilines is 3. The Morgan fingerprint density at radius 2 is 1.72 bits per heavy atom. The number of piperazine rings is 1. The van der Waals surface area contributed by atoms with Crippen molar-refractivity contribution >= 4 is 17.6 Å². The normalized spacial score (nSPS) is 14.0. The third kappa shape index (κ3) is 4.90. The predicted molar refractivity (Wildman–Crippen MR) is 114 cm³/mol. The Morgan fingerprint density at radius 1 is 0.966 bits per heavy atom. The predicted octanol–water partition coefficient (Wildman–Crippen LogP) is 2.26. The van der Waals surface area contributed by atoms with Gasteiger partial charge in [-0.25, -0.2) is 4.98 Å². The summed E-state index contributed by atoms with van der Waals surface area (Å²) in [6.45, 7) is 4.30. The molecule has 8 nitrogen and oxygen atoms in total. The first-order valence-electron chi connectivity index (χ1n) is 9.79. The number of hydrogen-bond acceptors (Lipinski definition) is 8. The molecule has 1 aliphatic rings. The largest absolute Gasteiger partial charge is 0.497 e. The van der Waals surface area contributed by atoms with Gasteiger partial charge in [-0.3, -0.25) is 0 Å². The molecule has 0 amide bonds. The van der Waals surface area contributed by atoms with Gasteiger partial charge in [0, 0.05) is 38.9 Å². The summed E-state index contributed by atoms with van der Waals surface area (Å²) >= 11 is 0. The maximum Gasteiger partial charge on any atom is 0.244 e. The standard InChI is InChI=1S/C21H25N7O/c1-29-18-7-5-17(6-8-18)9-11-23-21-25-20(16-24-26-21)28-14-12-27(13-15-28)19-4-2-3-10-22-19/h2-8,10,16H,9,11-15H2,1H3,(H,23,25,26). The molecule has 1 saturated heterocycles. The van der Waals surface area contributed by atoms with Crippen molar-refractivity contribution in [2.75, 3.05) is 55.0 Å². The lowest BCUT2D eigenvalue weighted by Gasteiger charge is -2.35. The van der Waals surface area contributed by atoms with E-state index < -0.39 is 0 Å². The van der Waals surface area contributed by atoms with E-state index in [1.807, 2.05) is 36.5 Å². The quantitative estimate of drug-likeness (QED) is 0.657. The fraction of sp³-hybridized carbons (Fsp3) is 0.333. The second kappa shape index (κ2) is 9.18. The van der Waals surface area contributed by atoms with E-state index in [-0.39, 0.29) is 0 Å².